The van der Waals surface area contributed by atoms with E-state index in [0.29, 0.717) is 12.4 Å². The van der Waals surface area contributed by atoms with Crippen molar-refractivity contribution in [2.24, 2.45) is 0 Å². The third kappa shape index (κ3) is 3.20. The molecular formula is C5H11ClN4O. The van der Waals surface area contributed by atoms with Gasteiger partial charge in [-0.2, -0.15) is 4.98 Å². The van der Waals surface area contributed by atoms with E-state index in [1.54, 1.807) is 0 Å². The van der Waals surface area contributed by atoms with Crippen molar-refractivity contribution >= 4 is 18.4 Å². The third-order valence-electron chi connectivity index (χ3n) is 0.941. The van der Waals surface area contributed by atoms with Crippen LogP contribution >= 0.6 is 12.4 Å². The molecule has 1 aromatic rings. The van der Waals surface area contributed by atoms with Crippen LogP contribution in [-0.2, 0) is 6.54 Å². The zero-order valence-corrected chi connectivity index (χ0v) is 7.26. The minimum atomic E-state index is 0. The maximum Gasteiger partial charge on any atom is 0.318 e. The molecule has 1 aromatic heterocycles. The van der Waals surface area contributed by atoms with Crippen LogP contribution in [0.25, 0.3) is 0 Å². The molecule has 64 valence electrons. The molecule has 0 spiro atoms. The van der Waals surface area contributed by atoms with Gasteiger partial charge in [-0.3, -0.25) is 0 Å². The van der Waals surface area contributed by atoms with Crippen LogP contribution in [-0.4, -0.2) is 29.1 Å². The average Bonchev–Trinajstić information content (AvgIpc) is 2.13. The summed E-state index contributed by atoms with van der Waals surface area (Å²) < 4.78 is 4.56. The van der Waals surface area contributed by atoms with Crippen LogP contribution < -0.4 is 5.73 Å². The highest BCUT2D eigenvalue weighted by atomic mass is 35.5. The number of hydrogen-bond donors (Lipinski definition) is 1. The van der Waals surface area contributed by atoms with Gasteiger partial charge in [-0.1, -0.05) is 5.16 Å². The molecule has 0 aliphatic heterocycles. The Bertz CT molecular complexity index is 212. The summed E-state index contributed by atoms with van der Waals surface area (Å²) in [4.78, 5) is 5.74. The standard InChI is InChI=1S/C5H10N4O.ClH/c1-9(2)3-4-7-5(6)10-8-4;/h3H2,1-2H3,(H2,6,7,8);1H. The summed E-state index contributed by atoms with van der Waals surface area (Å²) in [7, 11) is 3.85. The molecule has 0 aromatic carbocycles. The Labute approximate surface area is 71.0 Å². The van der Waals surface area contributed by atoms with Crippen molar-refractivity contribution < 1.29 is 4.52 Å². The molecule has 1 heterocycles. The number of rotatable bonds is 2. The smallest absolute Gasteiger partial charge is 0.318 e. The normalized spacial score (nSPS) is 9.73. The molecule has 0 amide bonds. The van der Waals surface area contributed by atoms with Crippen molar-refractivity contribution in [2.75, 3.05) is 19.8 Å². The van der Waals surface area contributed by atoms with Gasteiger partial charge in [0, 0.05) is 0 Å². The van der Waals surface area contributed by atoms with Gasteiger partial charge in [0.05, 0.1) is 6.54 Å². The summed E-state index contributed by atoms with van der Waals surface area (Å²) in [5.74, 6) is 0.613. The van der Waals surface area contributed by atoms with Gasteiger partial charge in [-0.15, -0.1) is 12.4 Å². The monoisotopic (exact) mass is 178 g/mol. The first-order valence-electron chi connectivity index (χ1n) is 2.91. The first-order valence-corrected chi connectivity index (χ1v) is 2.91. The van der Waals surface area contributed by atoms with E-state index in [1.165, 1.54) is 0 Å². The Morgan fingerprint density at radius 3 is 2.55 bits per heavy atom. The largest absolute Gasteiger partial charge is 0.351 e. The molecule has 0 radical (unpaired) electrons. The predicted molar refractivity (Wildman–Crippen MR) is 43.3 cm³/mol. The van der Waals surface area contributed by atoms with Gasteiger partial charge in [0.1, 0.15) is 0 Å². The van der Waals surface area contributed by atoms with Gasteiger partial charge in [-0.25, -0.2) is 0 Å². The lowest BCUT2D eigenvalue weighted by Crippen LogP contribution is -2.11. The highest BCUT2D eigenvalue weighted by Crippen LogP contribution is 1.98. The number of halogens is 1. The summed E-state index contributed by atoms with van der Waals surface area (Å²) in [5, 5.41) is 3.60. The number of hydrogen-bond acceptors (Lipinski definition) is 5. The number of nitrogens with two attached hydrogens (primary N) is 1. The zero-order valence-electron chi connectivity index (χ0n) is 6.44. The van der Waals surface area contributed by atoms with Crippen LogP contribution in [0.15, 0.2) is 4.52 Å². The van der Waals surface area contributed by atoms with Crippen molar-refractivity contribution in [3.8, 4) is 0 Å². The van der Waals surface area contributed by atoms with Crippen molar-refractivity contribution in [1.29, 1.82) is 0 Å². The van der Waals surface area contributed by atoms with E-state index in [0.717, 1.165) is 0 Å². The van der Waals surface area contributed by atoms with Gasteiger partial charge in [0.15, 0.2) is 5.82 Å². The molecular weight excluding hydrogens is 168 g/mol. The van der Waals surface area contributed by atoms with E-state index in [1.807, 2.05) is 19.0 Å². The summed E-state index contributed by atoms with van der Waals surface area (Å²) in [5.41, 5.74) is 5.20. The lowest BCUT2D eigenvalue weighted by molar-refractivity contribution is 0.366. The second-order valence-electron chi connectivity index (χ2n) is 2.29. The van der Waals surface area contributed by atoms with E-state index < -0.39 is 0 Å². The van der Waals surface area contributed by atoms with E-state index in [-0.39, 0.29) is 18.4 Å². The second kappa shape index (κ2) is 4.15. The molecule has 0 fully saturated rings. The highest BCUT2D eigenvalue weighted by Gasteiger charge is 2.01. The number of nitrogen functional groups attached to an aromatic ring is 1. The van der Waals surface area contributed by atoms with Crippen LogP contribution in [0.1, 0.15) is 5.82 Å². The maximum atomic E-state index is 5.20. The fourth-order valence-corrected chi connectivity index (χ4v) is 0.615. The van der Waals surface area contributed by atoms with Crippen LogP contribution in [0.4, 0.5) is 6.01 Å². The molecule has 0 aliphatic carbocycles. The molecule has 5 nitrogen and oxygen atoms in total. The molecule has 2 N–H and O–H groups in total. The minimum Gasteiger partial charge on any atom is -0.351 e. The van der Waals surface area contributed by atoms with Crippen molar-refractivity contribution in [2.45, 2.75) is 6.54 Å². The first-order chi connectivity index (χ1) is 4.68. The molecule has 11 heavy (non-hydrogen) atoms. The molecule has 0 atom stereocenters. The Hall–Kier alpha value is -0.810. The van der Waals surface area contributed by atoms with Gasteiger partial charge in [0.2, 0.25) is 0 Å². The topological polar surface area (TPSA) is 68.2 Å². The van der Waals surface area contributed by atoms with Gasteiger partial charge in [0.25, 0.3) is 0 Å². The highest BCUT2D eigenvalue weighted by molar-refractivity contribution is 5.85. The summed E-state index contributed by atoms with van der Waals surface area (Å²) in [6.07, 6.45) is 0. The molecule has 0 bridgehead atoms. The van der Waals surface area contributed by atoms with E-state index in [9.17, 15) is 0 Å². The summed E-state index contributed by atoms with van der Waals surface area (Å²) in [6, 6.07) is 0.122. The first kappa shape index (κ1) is 10.2. The Kier molecular flexibility index (Phi) is 3.84. The van der Waals surface area contributed by atoms with Crippen LogP contribution in [0, 0.1) is 0 Å². The molecule has 0 saturated carbocycles. The van der Waals surface area contributed by atoms with E-state index >= 15 is 0 Å². The predicted octanol–water partition coefficient (Wildman–Crippen LogP) is 0.135. The van der Waals surface area contributed by atoms with E-state index in [4.69, 9.17) is 5.73 Å². The van der Waals surface area contributed by atoms with Crippen molar-refractivity contribution in [3.63, 3.8) is 0 Å². The summed E-state index contributed by atoms with van der Waals surface area (Å²) in [6.45, 7) is 0.653. The Balaban J connectivity index is 0.000001000. The van der Waals surface area contributed by atoms with Gasteiger partial charge < -0.3 is 15.2 Å². The molecule has 0 saturated heterocycles. The average molecular weight is 179 g/mol. The number of aromatic nitrogens is 2. The fraction of sp³-hybridized carbons (Fsp3) is 0.600. The van der Waals surface area contributed by atoms with Gasteiger partial charge >= 0.3 is 6.01 Å². The van der Waals surface area contributed by atoms with Crippen LogP contribution in [0.3, 0.4) is 0 Å². The maximum absolute atomic E-state index is 5.20. The van der Waals surface area contributed by atoms with Crippen molar-refractivity contribution in [3.05, 3.63) is 5.82 Å². The molecule has 0 unspecified atom stereocenters. The Morgan fingerprint density at radius 2 is 2.18 bits per heavy atom. The van der Waals surface area contributed by atoms with Crippen molar-refractivity contribution in [1.82, 2.24) is 15.0 Å². The quantitative estimate of drug-likeness (QED) is 0.698. The van der Waals surface area contributed by atoms with E-state index in [2.05, 4.69) is 14.7 Å². The molecule has 0 aliphatic rings. The lowest BCUT2D eigenvalue weighted by atomic mass is 10.6. The SMILES string of the molecule is CN(C)Cc1noc(N)n1.Cl. The second-order valence-corrected chi connectivity index (χ2v) is 2.29. The third-order valence-corrected chi connectivity index (χ3v) is 0.941. The van der Waals surface area contributed by atoms with Crippen LogP contribution in [0.5, 0.6) is 0 Å². The molecule has 1 rings (SSSR count). The minimum absolute atomic E-state index is 0. The number of nitrogens with zero attached hydrogens (tertiary/aromatic N) is 3. The zero-order chi connectivity index (χ0) is 7.56. The van der Waals surface area contributed by atoms with Crippen LogP contribution in [0.2, 0.25) is 0 Å². The summed E-state index contributed by atoms with van der Waals surface area (Å²) >= 11 is 0. The fourth-order valence-electron chi connectivity index (χ4n) is 0.615. The number of anilines is 1. The molecule has 6 heteroatoms. The Morgan fingerprint density at radius 1 is 1.55 bits per heavy atom. The lowest BCUT2D eigenvalue weighted by Gasteiger charge is -2.02. The van der Waals surface area contributed by atoms with Gasteiger partial charge in [-0.05, 0) is 14.1 Å².